The molecule has 0 bridgehead atoms. The third-order valence-electron chi connectivity index (χ3n) is 3.03. The number of carbonyl (C=O) groups excluding carboxylic acids is 1. The molecule has 0 aromatic carbocycles. The standard InChI is InChI=1S/C13H16N4O/c1-15-12-9-16-7-5-11(12)13(18)17(8-2-6-14)10-3-4-10/h5,7,9-10,15H,2-4,8H2,1H3. The molecule has 1 saturated carbocycles. The Morgan fingerprint density at radius 3 is 3.06 bits per heavy atom. The number of nitrogens with one attached hydrogen (secondary N) is 1. The van der Waals surface area contributed by atoms with Crippen molar-refractivity contribution in [2.75, 3.05) is 18.9 Å². The maximum Gasteiger partial charge on any atom is 0.256 e. The van der Waals surface area contributed by atoms with E-state index in [2.05, 4.69) is 16.4 Å². The Morgan fingerprint density at radius 1 is 1.67 bits per heavy atom. The second-order valence-electron chi connectivity index (χ2n) is 4.31. The van der Waals surface area contributed by atoms with Crippen LogP contribution in [0.15, 0.2) is 18.5 Å². The first-order valence-corrected chi connectivity index (χ1v) is 6.07. The van der Waals surface area contributed by atoms with E-state index >= 15 is 0 Å². The first kappa shape index (κ1) is 12.4. The van der Waals surface area contributed by atoms with Crippen molar-refractivity contribution in [3.05, 3.63) is 24.0 Å². The minimum atomic E-state index is -0.0144. The molecule has 5 heteroatoms. The molecule has 18 heavy (non-hydrogen) atoms. The van der Waals surface area contributed by atoms with Crippen LogP contribution in [0.3, 0.4) is 0 Å². The Kier molecular flexibility index (Phi) is 3.78. The number of pyridine rings is 1. The Bertz CT molecular complexity index is 476. The van der Waals surface area contributed by atoms with Crippen LogP contribution in [0.4, 0.5) is 5.69 Å². The molecule has 5 nitrogen and oxygen atoms in total. The van der Waals surface area contributed by atoms with Crippen molar-refractivity contribution in [1.29, 1.82) is 5.26 Å². The normalized spacial score (nSPS) is 13.8. The van der Waals surface area contributed by atoms with Gasteiger partial charge in [-0.2, -0.15) is 5.26 Å². The second-order valence-corrected chi connectivity index (χ2v) is 4.31. The molecule has 0 radical (unpaired) electrons. The number of nitriles is 1. The summed E-state index contributed by atoms with van der Waals surface area (Å²) < 4.78 is 0. The molecule has 1 aromatic heterocycles. The lowest BCUT2D eigenvalue weighted by molar-refractivity contribution is 0.0747. The Morgan fingerprint density at radius 2 is 2.44 bits per heavy atom. The predicted molar refractivity (Wildman–Crippen MR) is 68.1 cm³/mol. The van der Waals surface area contributed by atoms with Gasteiger partial charge in [-0.1, -0.05) is 0 Å². The van der Waals surface area contributed by atoms with Crippen LogP contribution in [0, 0.1) is 11.3 Å². The molecule has 1 aliphatic carbocycles. The predicted octanol–water partition coefficient (Wildman–Crippen LogP) is 1.64. The van der Waals surface area contributed by atoms with Crippen LogP contribution in [0.5, 0.6) is 0 Å². The van der Waals surface area contributed by atoms with E-state index in [9.17, 15) is 4.79 Å². The molecule has 1 heterocycles. The number of hydrogen-bond donors (Lipinski definition) is 1. The van der Waals surface area contributed by atoms with Crippen LogP contribution in [-0.4, -0.2) is 35.4 Å². The fourth-order valence-corrected chi connectivity index (χ4v) is 1.94. The average Bonchev–Trinajstić information content (AvgIpc) is 3.23. The Balaban J connectivity index is 2.19. The van der Waals surface area contributed by atoms with Gasteiger partial charge in [-0.15, -0.1) is 0 Å². The minimum absolute atomic E-state index is 0.0144. The van der Waals surface area contributed by atoms with Crippen molar-refractivity contribution < 1.29 is 4.79 Å². The molecule has 94 valence electrons. The zero-order valence-electron chi connectivity index (χ0n) is 10.4. The fourth-order valence-electron chi connectivity index (χ4n) is 1.94. The molecule has 0 spiro atoms. The summed E-state index contributed by atoms with van der Waals surface area (Å²) in [4.78, 5) is 18.3. The van der Waals surface area contributed by atoms with E-state index < -0.39 is 0 Å². The zero-order valence-corrected chi connectivity index (χ0v) is 10.4. The summed E-state index contributed by atoms with van der Waals surface area (Å²) in [7, 11) is 1.77. The van der Waals surface area contributed by atoms with Crippen molar-refractivity contribution in [2.24, 2.45) is 0 Å². The Hall–Kier alpha value is -2.09. The fraction of sp³-hybridized carbons (Fsp3) is 0.462. The summed E-state index contributed by atoms with van der Waals surface area (Å²) in [5.74, 6) is -0.0144. The average molecular weight is 244 g/mol. The van der Waals surface area contributed by atoms with Crippen molar-refractivity contribution >= 4 is 11.6 Å². The van der Waals surface area contributed by atoms with Crippen LogP contribution in [0.2, 0.25) is 0 Å². The highest BCUT2D eigenvalue weighted by atomic mass is 16.2. The van der Waals surface area contributed by atoms with Crippen LogP contribution in [0.1, 0.15) is 29.6 Å². The number of rotatable bonds is 5. The molecule has 0 aliphatic heterocycles. The second kappa shape index (κ2) is 5.50. The highest BCUT2D eigenvalue weighted by Crippen LogP contribution is 2.29. The van der Waals surface area contributed by atoms with Gasteiger partial charge in [0.2, 0.25) is 0 Å². The van der Waals surface area contributed by atoms with Gasteiger partial charge in [0, 0.05) is 25.8 Å². The van der Waals surface area contributed by atoms with Gasteiger partial charge in [-0.25, -0.2) is 0 Å². The molecule has 2 rings (SSSR count). The smallest absolute Gasteiger partial charge is 0.256 e. The lowest BCUT2D eigenvalue weighted by atomic mass is 10.2. The molecule has 1 N–H and O–H groups in total. The van der Waals surface area contributed by atoms with E-state index in [1.807, 2.05) is 0 Å². The van der Waals surface area contributed by atoms with E-state index in [1.54, 1.807) is 30.4 Å². The highest BCUT2D eigenvalue weighted by Gasteiger charge is 2.33. The number of amides is 1. The Labute approximate surface area is 106 Å². The van der Waals surface area contributed by atoms with Crippen LogP contribution in [0.25, 0.3) is 0 Å². The van der Waals surface area contributed by atoms with Crippen molar-refractivity contribution in [3.8, 4) is 6.07 Å². The van der Waals surface area contributed by atoms with Crippen molar-refractivity contribution in [2.45, 2.75) is 25.3 Å². The number of aromatic nitrogens is 1. The van der Waals surface area contributed by atoms with Gasteiger partial charge in [0.15, 0.2) is 0 Å². The number of anilines is 1. The largest absolute Gasteiger partial charge is 0.386 e. The topological polar surface area (TPSA) is 69.0 Å². The quantitative estimate of drug-likeness (QED) is 0.855. The molecular weight excluding hydrogens is 228 g/mol. The molecule has 1 aliphatic rings. The van der Waals surface area contributed by atoms with Gasteiger partial charge in [0.05, 0.1) is 29.9 Å². The van der Waals surface area contributed by atoms with Crippen LogP contribution < -0.4 is 5.32 Å². The number of carbonyl (C=O) groups is 1. The number of hydrogen-bond acceptors (Lipinski definition) is 4. The molecule has 0 atom stereocenters. The maximum absolute atomic E-state index is 12.5. The summed E-state index contributed by atoms with van der Waals surface area (Å²) in [5, 5.41) is 11.6. The summed E-state index contributed by atoms with van der Waals surface area (Å²) >= 11 is 0. The first-order valence-electron chi connectivity index (χ1n) is 6.07. The molecular formula is C13H16N4O. The van der Waals surface area contributed by atoms with Gasteiger partial charge in [0.1, 0.15) is 0 Å². The van der Waals surface area contributed by atoms with E-state index in [0.29, 0.717) is 24.6 Å². The maximum atomic E-state index is 12.5. The summed E-state index contributed by atoms with van der Waals surface area (Å²) in [6, 6.07) is 4.12. The number of nitrogens with zero attached hydrogens (tertiary/aromatic N) is 3. The third kappa shape index (κ3) is 2.59. The van der Waals surface area contributed by atoms with E-state index in [1.165, 1.54) is 0 Å². The SMILES string of the molecule is CNc1cnccc1C(=O)N(CCC#N)C1CC1. The van der Waals surface area contributed by atoms with Gasteiger partial charge in [-0.05, 0) is 18.9 Å². The lowest BCUT2D eigenvalue weighted by Crippen LogP contribution is -2.34. The third-order valence-corrected chi connectivity index (χ3v) is 3.03. The van der Waals surface area contributed by atoms with Crippen molar-refractivity contribution in [1.82, 2.24) is 9.88 Å². The highest BCUT2D eigenvalue weighted by molar-refractivity contribution is 5.99. The minimum Gasteiger partial charge on any atom is -0.386 e. The lowest BCUT2D eigenvalue weighted by Gasteiger charge is -2.22. The van der Waals surface area contributed by atoms with Crippen molar-refractivity contribution in [3.63, 3.8) is 0 Å². The molecule has 1 fully saturated rings. The van der Waals surface area contributed by atoms with E-state index in [0.717, 1.165) is 18.5 Å². The first-order chi connectivity index (χ1) is 8.77. The summed E-state index contributed by atoms with van der Waals surface area (Å²) in [6.45, 7) is 0.505. The van der Waals surface area contributed by atoms with E-state index in [4.69, 9.17) is 5.26 Å². The molecule has 0 unspecified atom stereocenters. The molecule has 1 amide bonds. The van der Waals surface area contributed by atoms with Gasteiger partial charge in [-0.3, -0.25) is 9.78 Å². The van der Waals surface area contributed by atoms with Gasteiger partial charge in [0.25, 0.3) is 5.91 Å². The molecule has 1 aromatic rings. The molecule has 0 saturated heterocycles. The zero-order chi connectivity index (χ0) is 13.0. The summed E-state index contributed by atoms with van der Waals surface area (Å²) in [5.41, 5.74) is 1.35. The van der Waals surface area contributed by atoms with Gasteiger partial charge < -0.3 is 10.2 Å². The van der Waals surface area contributed by atoms with Crippen LogP contribution in [-0.2, 0) is 0 Å². The monoisotopic (exact) mass is 244 g/mol. The van der Waals surface area contributed by atoms with E-state index in [-0.39, 0.29) is 5.91 Å². The van der Waals surface area contributed by atoms with Crippen LogP contribution >= 0.6 is 0 Å². The summed E-state index contributed by atoms with van der Waals surface area (Å²) in [6.07, 6.45) is 5.71. The van der Waals surface area contributed by atoms with Gasteiger partial charge >= 0.3 is 0 Å².